The van der Waals surface area contributed by atoms with Gasteiger partial charge in [-0.1, -0.05) is 24.3 Å². The molecule has 0 bridgehead atoms. The Hall–Kier alpha value is -3.41. The molecule has 210 valence electrons. The lowest BCUT2D eigenvalue weighted by molar-refractivity contribution is -0.129. The maximum Gasteiger partial charge on any atom is 0.272 e. The average Bonchev–Trinajstić information content (AvgIpc) is 3.52. The van der Waals surface area contributed by atoms with Crippen molar-refractivity contribution in [2.45, 2.75) is 57.3 Å². The molecule has 3 aliphatic heterocycles. The lowest BCUT2D eigenvalue weighted by Gasteiger charge is -2.43. The molecule has 5 heterocycles. The zero-order chi connectivity index (χ0) is 27.6. The third-order valence-corrected chi connectivity index (χ3v) is 9.09. The molecule has 0 radical (unpaired) electrons. The molecule has 2 N–H and O–H groups in total. The van der Waals surface area contributed by atoms with Gasteiger partial charge in [0, 0.05) is 75.9 Å². The molecule has 0 saturated carbocycles. The number of nitrogens with one attached hydrogen (secondary N) is 1. The molecule has 2 atom stereocenters. The second-order valence-electron chi connectivity index (χ2n) is 10.9. The van der Waals surface area contributed by atoms with Crippen molar-refractivity contribution < 1.29 is 14.7 Å². The Morgan fingerprint density at radius 3 is 2.52 bits per heavy atom. The number of piperidine rings is 2. The van der Waals surface area contributed by atoms with Gasteiger partial charge in [0.2, 0.25) is 5.91 Å². The predicted molar refractivity (Wildman–Crippen MR) is 153 cm³/mol. The fourth-order valence-corrected chi connectivity index (χ4v) is 6.67. The molecule has 10 nitrogen and oxygen atoms in total. The molecule has 3 aromatic rings. The number of fused-ring (bicyclic) bond motifs is 1. The van der Waals surface area contributed by atoms with E-state index in [2.05, 4.69) is 49.4 Å². The summed E-state index contributed by atoms with van der Waals surface area (Å²) in [5.74, 6) is 0.866. The number of anilines is 1. The highest BCUT2D eigenvalue weighted by molar-refractivity contribution is 7.13. The Balaban J connectivity index is 1.15. The smallest absolute Gasteiger partial charge is 0.272 e. The lowest BCUT2D eigenvalue weighted by atomic mass is 9.94. The molecule has 1 aromatic carbocycles. The molecule has 40 heavy (non-hydrogen) atoms. The molecule has 2 saturated heterocycles. The van der Waals surface area contributed by atoms with E-state index in [1.807, 2.05) is 10.3 Å². The maximum absolute atomic E-state index is 13.7. The normalized spacial score (nSPS) is 22.1. The first-order valence-corrected chi connectivity index (χ1v) is 14.9. The fourth-order valence-electron chi connectivity index (χ4n) is 6.10. The summed E-state index contributed by atoms with van der Waals surface area (Å²) in [4.78, 5) is 45.0. The minimum atomic E-state index is -0.632. The Kier molecular flexibility index (Phi) is 7.77. The third-order valence-electron chi connectivity index (χ3n) is 8.32. The molecule has 0 spiro atoms. The van der Waals surface area contributed by atoms with Gasteiger partial charge in [0.25, 0.3) is 5.91 Å². The first-order chi connectivity index (χ1) is 19.4. The van der Waals surface area contributed by atoms with Crippen LogP contribution in [0.25, 0.3) is 10.8 Å². The average molecular weight is 562 g/mol. The SMILES string of the molecule is CC(=O)N1CCC(Nc2cc(C(=O)N3CCC(N4CCc5ccccc5C4)[C@@H](O)C3)nc(-c3nccs3)n2)CC1. The van der Waals surface area contributed by atoms with Crippen LogP contribution in [0.15, 0.2) is 41.9 Å². The summed E-state index contributed by atoms with van der Waals surface area (Å²) in [6, 6.07) is 10.4. The zero-order valence-electron chi connectivity index (χ0n) is 22.7. The summed E-state index contributed by atoms with van der Waals surface area (Å²) < 4.78 is 0. The van der Waals surface area contributed by atoms with Gasteiger partial charge >= 0.3 is 0 Å². The van der Waals surface area contributed by atoms with E-state index in [9.17, 15) is 14.7 Å². The number of aromatic nitrogens is 3. The van der Waals surface area contributed by atoms with Crippen LogP contribution in [-0.4, -0.2) is 97.5 Å². The molecular weight excluding hydrogens is 526 g/mol. The number of nitrogens with zero attached hydrogens (tertiary/aromatic N) is 6. The number of hydrogen-bond acceptors (Lipinski definition) is 9. The number of aliphatic hydroxyl groups excluding tert-OH is 1. The number of β-amino-alcohol motifs (C(OH)–C–C–N with tert-alkyl or cyclic N) is 1. The quantitative estimate of drug-likeness (QED) is 0.489. The van der Waals surface area contributed by atoms with Gasteiger partial charge in [-0.15, -0.1) is 11.3 Å². The second-order valence-corrected chi connectivity index (χ2v) is 11.8. The highest BCUT2D eigenvalue weighted by Gasteiger charge is 2.36. The Morgan fingerprint density at radius 2 is 1.80 bits per heavy atom. The number of benzene rings is 1. The number of thiazole rings is 1. The first-order valence-electron chi connectivity index (χ1n) is 14.0. The number of carbonyl (C=O) groups excluding carboxylic acids is 2. The van der Waals surface area contributed by atoms with E-state index in [1.165, 1.54) is 22.5 Å². The molecule has 6 rings (SSSR count). The topological polar surface area (TPSA) is 115 Å². The van der Waals surface area contributed by atoms with Crippen molar-refractivity contribution in [3.8, 4) is 10.8 Å². The van der Waals surface area contributed by atoms with Gasteiger partial charge in [0.15, 0.2) is 10.8 Å². The summed E-state index contributed by atoms with van der Waals surface area (Å²) in [6.07, 6.45) is 4.36. The van der Waals surface area contributed by atoms with E-state index in [-0.39, 0.29) is 30.4 Å². The van der Waals surface area contributed by atoms with Gasteiger partial charge in [-0.05, 0) is 36.8 Å². The molecule has 2 amide bonds. The van der Waals surface area contributed by atoms with Crippen LogP contribution in [0.5, 0.6) is 0 Å². The van der Waals surface area contributed by atoms with Crippen LogP contribution in [0.2, 0.25) is 0 Å². The van der Waals surface area contributed by atoms with Gasteiger partial charge in [0.05, 0.1) is 6.10 Å². The van der Waals surface area contributed by atoms with Gasteiger partial charge in [-0.3, -0.25) is 14.5 Å². The summed E-state index contributed by atoms with van der Waals surface area (Å²) in [6.45, 7) is 5.55. The lowest BCUT2D eigenvalue weighted by Crippen LogP contribution is -2.56. The van der Waals surface area contributed by atoms with E-state index in [0.717, 1.165) is 32.4 Å². The fraction of sp³-hybridized carbons (Fsp3) is 0.483. The van der Waals surface area contributed by atoms with Crippen molar-refractivity contribution in [3.63, 3.8) is 0 Å². The molecule has 0 aliphatic carbocycles. The second kappa shape index (κ2) is 11.6. The highest BCUT2D eigenvalue weighted by atomic mass is 32.1. The van der Waals surface area contributed by atoms with Gasteiger partial charge < -0.3 is 20.2 Å². The third kappa shape index (κ3) is 5.72. The summed E-state index contributed by atoms with van der Waals surface area (Å²) >= 11 is 1.42. The van der Waals surface area contributed by atoms with Gasteiger partial charge in [0.1, 0.15) is 11.5 Å². The van der Waals surface area contributed by atoms with Crippen molar-refractivity contribution in [2.75, 3.05) is 38.0 Å². The van der Waals surface area contributed by atoms with Crippen molar-refractivity contribution in [3.05, 3.63) is 58.7 Å². The Labute approximate surface area is 238 Å². The molecular formula is C29H35N7O3S. The van der Waals surface area contributed by atoms with Crippen molar-refractivity contribution in [1.82, 2.24) is 29.7 Å². The van der Waals surface area contributed by atoms with Crippen LogP contribution in [0.3, 0.4) is 0 Å². The van der Waals surface area contributed by atoms with E-state index >= 15 is 0 Å². The molecule has 2 aromatic heterocycles. The zero-order valence-corrected chi connectivity index (χ0v) is 23.5. The predicted octanol–water partition coefficient (Wildman–Crippen LogP) is 2.66. The monoisotopic (exact) mass is 561 g/mol. The number of aliphatic hydroxyl groups is 1. The number of hydrogen-bond donors (Lipinski definition) is 2. The van der Waals surface area contributed by atoms with Crippen molar-refractivity contribution in [1.29, 1.82) is 0 Å². The number of rotatable bonds is 5. The molecule has 11 heteroatoms. The first kappa shape index (κ1) is 26.8. The van der Waals surface area contributed by atoms with E-state index in [1.54, 1.807) is 24.1 Å². The summed E-state index contributed by atoms with van der Waals surface area (Å²) in [7, 11) is 0. The van der Waals surface area contributed by atoms with Gasteiger partial charge in [-0.25, -0.2) is 15.0 Å². The van der Waals surface area contributed by atoms with Crippen LogP contribution in [0, 0.1) is 0 Å². The molecule has 1 unspecified atom stereocenters. The van der Waals surface area contributed by atoms with Crippen LogP contribution in [-0.2, 0) is 17.8 Å². The number of carbonyl (C=O) groups is 2. The Bertz CT molecular complexity index is 1360. The molecule has 2 fully saturated rings. The summed E-state index contributed by atoms with van der Waals surface area (Å²) in [5.41, 5.74) is 3.00. The number of amides is 2. The van der Waals surface area contributed by atoms with Crippen LogP contribution >= 0.6 is 11.3 Å². The standard InChI is InChI=1S/C29H35N7O3S/c1-19(37)34-12-7-22(8-13-34)31-26-16-23(32-27(33-26)28-30-10-15-40-28)29(39)36-14-9-24(25(38)18-36)35-11-6-20-4-2-3-5-21(20)17-35/h2-5,10,15-16,22,24-25,38H,6-9,11-14,17-18H2,1H3,(H,31,32,33)/t24?,25-/m0/s1. The summed E-state index contributed by atoms with van der Waals surface area (Å²) in [5, 5.41) is 17.1. The van der Waals surface area contributed by atoms with E-state index in [4.69, 9.17) is 0 Å². The van der Waals surface area contributed by atoms with Crippen LogP contribution < -0.4 is 5.32 Å². The van der Waals surface area contributed by atoms with Crippen molar-refractivity contribution >= 4 is 29.0 Å². The van der Waals surface area contributed by atoms with E-state index in [0.29, 0.717) is 48.4 Å². The van der Waals surface area contributed by atoms with Crippen LogP contribution in [0.4, 0.5) is 5.82 Å². The largest absolute Gasteiger partial charge is 0.390 e. The van der Waals surface area contributed by atoms with Crippen LogP contribution in [0.1, 0.15) is 47.8 Å². The highest BCUT2D eigenvalue weighted by Crippen LogP contribution is 2.27. The maximum atomic E-state index is 13.7. The number of likely N-dealkylation sites (tertiary alicyclic amines) is 2. The van der Waals surface area contributed by atoms with E-state index < -0.39 is 6.10 Å². The minimum Gasteiger partial charge on any atom is -0.390 e. The molecule has 3 aliphatic rings. The Morgan fingerprint density at radius 1 is 1.02 bits per heavy atom. The van der Waals surface area contributed by atoms with Crippen molar-refractivity contribution in [2.24, 2.45) is 0 Å². The minimum absolute atomic E-state index is 0.0202. The van der Waals surface area contributed by atoms with Gasteiger partial charge in [-0.2, -0.15) is 0 Å².